The van der Waals surface area contributed by atoms with Crippen molar-refractivity contribution in [3.8, 4) is 0 Å². The van der Waals surface area contributed by atoms with Crippen LogP contribution in [0.15, 0.2) is 43.0 Å². The standard InChI is InChI=1S/C15H18F2O2/c1-2-15(16,17)13(8-14-11-19-14)10-18-9-12-6-4-3-5-7-12/h2-7,13-14H,1,8-11H2. The van der Waals surface area contributed by atoms with Crippen LogP contribution in [0.3, 0.4) is 0 Å². The molecular formula is C15H18F2O2. The maximum absolute atomic E-state index is 13.7. The predicted molar refractivity (Wildman–Crippen MR) is 69.1 cm³/mol. The van der Waals surface area contributed by atoms with Crippen LogP contribution in [0.4, 0.5) is 8.78 Å². The molecule has 1 heterocycles. The topological polar surface area (TPSA) is 21.8 Å². The molecule has 0 amide bonds. The fourth-order valence-electron chi connectivity index (χ4n) is 1.92. The van der Waals surface area contributed by atoms with Gasteiger partial charge in [-0.3, -0.25) is 0 Å². The number of allylic oxidation sites excluding steroid dienone is 1. The molecule has 1 aliphatic rings. The second-order valence-electron chi connectivity index (χ2n) is 4.77. The molecule has 4 heteroatoms. The molecule has 0 radical (unpaired) electrons. The molecule has 1 aliphatic heterocycles. The Morgan fingerprint density at radius 3 is 2.68 bits per heavy atom. The van der Waals surface area contributed by atoms with Crippen molar-refractivity contribution in [1.82, 2.24) is 0 Å². The fourth-order valence-corrected chi connectivity index (χ4v) is 1.92. The van der Waals surface area contributed by atoms with Crippen molar-refractivity contribution in [2.24, 2.45) is 5.92 Å². The molecule has 0 bridgehead atoms. The van der Waals surface area contributed by atoms with Gasteiger partial charge in [-0.1, -0.05) is 36.9 Å². The first-order valence-corrected chi connectivity index (χ1v) is 6.36. The van der Waals surface area contributed by atoms with Gasteiger partial charge in [0.25, 0.3) is 5.92 Å². The maximum Gasteiger partial charge on any atom is 0.271 e. The van der Waals surface area contributed by atoms with Crippen LogP contribution in [-0.4, -0.2) is 25.2 Å². The van der Waals surface area contributed by atoms with E-state index < -0.39 is 11.8 Å². The van der Waals surface area contributed by atoms with Gasteiger partial charge >= 0.3 is 0 Å². The highest BCUT2D eigenvalue weighted by atomic mass is 19.3. The largest absolute Gasteiger partial charge is 0.376 e. The van der Waals surface area contributed by atoms with Crippen LogP contribution in [0.5, 0.6) is 0 Å². The average Bonchev–Trinajstić information content (AvgIpc) is 3.23. The van der Waals surface area contributed by atoms with E-state index in [1.165, 1.54) is 0 Å². The summed E-state index contributed by atoms with van der Waals surface area (Å²) in [5.41, 5.74) is 0.978. The van der Waals surface area contributed by atoms with Crippen LogP contribution in [0.25, 0.3) is 0 Å². The summed E-state index contributed by atoms with van der Waals surface area (Å²) in [5, 5.41) is 0. The number of benzene rings is 1. The fraction of sp³-hybridized carbons (Fsp3) is 0.467. The van der Waals surface area contributed by atoms with Gasteiger partial charge in [-0.05, 0) is 18.1 Å². The van der Waals surface area contributed by atoms with Crippen molar-refractivity contribution in [1.29, 1.82) is 0 Å². The summed E-state index contributed by atoms with van der Waals surface area (Å²) >= 11 is 0. The molecule has 2 unspecified atom stereocenters. The molecular weight excluding hydrogens is 250 g/mol. The minimum atomic E-state index is -2.91. The molecule has 1 aromatic rings. The van der Waals surface area contributed by atoms with Gasteiger partial charge in [0.05, 0.1) is 31.8 Å². The summed E-state index contributed by atoms with van der Waals surface area (Å²) in [6.07, 6.45) is 0.968. The van der Waals surface area contributed by atoms with E-state index in [0.717, 1.165) is 5.56 Å². The number of hydrogen-bond acceptors (Lipinski definition) is 2. The lowest BCUT2D eigenvalue weighted by Crippen LogP contribution is -2.31. The van der Waals surface area contributed by atoms with E-state index in [9.17, 15) is 8.78 Å². The Labute approximate surface area is 112 Å². The zero-order chi connectivity index (χ0) is 13.7. The molecule has 2 nitrogen and oxygen atoms in total. The zero-order valence-electron chi connectivity index (χ0n) is 10.7. The molecule has 0 N–H and O–H groups in total. The number of ether oxygens (including phenoxy) is 2. The predicted octanol–water partition coefficient (Wildman–Crippen LogP) is 3.43. The summed E-state index contributed by atoms with van der Waals surface area (Å²) in [4.78, 5) is 0. The normalized spacial score (nSPS) is 20.0. The van der Waals surface area contributed by atoms with Gasteiger partial charge in [-0.25, -0.2) is 8.78 Å². The number of hydrogen-bond donors (Lipinski definition) is 0. The molecule has 1 saturated heterocycles. The Balaban J connectivity index is 1.84. The number of alkyl halides is 2. The van der Waals surface area contributed by atoms with Gasteiger partial charge in [0.15, 0.2) is 0 Å². The lowest BCUT2D eigenvalue weighted by Gasteiger charge is -2.23. The molecule has 0 saturated carbocycles. The summed E-state index contributed by atoms with van der Waals surface area (Å²) in [5.74, 6) is -3.79. The van der Waals surface area contributed by atoms with E-state index in [1.807, 2.05) is 30.3 Å². The molecule has 0 spiro atoms. The van der Waals surface area contributed by atoms with Crippen molar-refractivity contribution >= 4 is 0 Å². The second-order valence-corrected chi connectivity index (χ2v) is 4.77. The Kier molecular flexibility index (Phi) is 4.66. The zero-order valence-corrected chi connectivity index (χ0v) is 10.7. The van der Waals surface area contributed by atoms with Gasteiger partial charge in [-0.15, -0.1) is 0 Å². The smallest absolute Gasteiger partial charge is 0.271 e. The summed E-state index contributed by atoms with van der Waals surface area (Å²) in [7, 11) is 0. The lowest BCUT2D eigenvalue weighted by atomic mass is 9.96. The van der Waals surface area contributed by atoms with E-state index in [2.05, 4.69) is 6.58 Å². The van der Waals surface area contributed by atoms with Gasteiger partial charge in [0.1, 0.15) is 0 Å². The second kappa shape index (κ2) is 6.26. The molecule has 19 heavy (non-hydrogen) atoms. The van der Waals surface area contributed by atoms with E-state index in [-0.39, 0.29) is 12.7 Å². The van der Waals surface area contributed by atoms with Gasteiger partial charge in [0.2, 0.25) is 0 Å². The third-order valence-electron chi connectivity index (χ3n) is 3.20. The molecule has 104 valence electrons. The monoisotopic (exact) mass is 268 g/mol. The molecule has 0 aromatic heterocycles. The van der Waals surface area contributed by atoms with Crippen LogP contribution >= 0.6 is 0 Å². The SMILES string of the molecule is C=CC(F)(F)C(COCc1ccccc1)CC1CO1. The first kappa shape index (κ1) is 14.2. The maximum atomic E-state index is 13.7. The van der Waals surface area contributed by atoms with Gasteiger partial charge in [-0.2, -0.15) is 0 Å². The van der Waals surface area contributed by atoms with Crippen LogP contribution in [0.2, 0.25) is 0 Å². The summed E-state index contributed by atoms with van der Waals surface area (Å²) in [6, 6.07) is 9.51. The lowest BCUT2D eigenvalue weighted by molar-refractivity contribution is -0.0577. The quantitative estimate of drug-likeness (QED) is 0.532. The van der Waals surface area contributed by atoms with E-state index in [4.69, 9.17) is 9.47 Å². The molecule has 2 rings (SSSR count). The average molecular weight is 268 g/mol. The first-order chi connectivity index (χ1) is 9.12. The number of rotatable bonds is 8. The minimum Gasteiger partial charge on any atom is -0.376 e. The van der Waals surface area contributed by atoms with Crippen molar-refractivity contribution in [3.05, 3.63) is 48.6 Å². The molecule has 1 aromatic carbocycles. The van der Waals surface area contributed by atoms with Crippen molar-refractivity contribution in [3.63, 3.8) is 0 Å². The molecule has 1 fully saturated rings. The van der Waals surface area contributed by atoms with Crippen LogP contribution in [0.1, 0.15) is 12.0 Å². The summed E-state index contributed by atoms with van der Waals surface area (Å²) in [6.45, 7) is 4.12. The van der Waals surface area contributed by atoms with E-state index in [0.29, 0.717) is 25.7 Å². The first-order valence-electron chi connectivity index (χ1n) is 6.36. The highest BCUT2D eigenvalue weighted by Crippen LogP contribution is 2.33. The Morgan fingerprint density at radius 1 is 1.42 bits per heavy atom. The molecule has 2 atom stereocenters. The van der Waals surface area contributed by atoms with Crippen LogP contribution in [0, 0.1) is 5.92 Å². The Bertz CT molecular complexity index is 402. The van der Waals surface area contributed by atoms with Crippen LogP contribution in [-0.2, 0) is 16.1 Å². The van der Waals surface area contributed by atoms with Gasteiger partial charge in [0, 0.05) is 0 Å². The van der Waals surface area contributed by atoms with Crippen LogP contribution < -0.4 is 0 Å². The minimum absolute atomic E-state index is 0.00771. The van der Waals surface area contributed by atoms with E-state index >= 15 is 0 Å². The Hall–Kier alpha value is -1.26. The molecule has 0 aliphatic carbocycles. The third-order valence-corrected chi connectivity index (χ3v) is 3.20. The highest BCUT2D eigenvalue weighted by Gasteiger charge is 2.40. The Morgan fingerprint density at radius 2 is 2.11 bits per heavy atom. The number of epoxide rings is 1. The highest BCUT2D eigenvalue weighted by molar-refractivity contribution is 5.13. The van der Waals surface area contributed by atoms with Gasteiger partial charge < -0.3 is 9.47 Å². The van der Waals surface area contributed by atoms with Crippen molar-refractivity contribution in [2.45, 2.75) is 25.1 Å². The van der Waals surface area contributed by atoms with Crippen molar-refractivity contribution in [2.75, 3.05) is 13.2 Å². The third kappa shape index (κ3) is 4.40. The van der Waals surface area contributed by atoms with E-state index in [1.54, 1.807) is 0 Å². The van der Waals surface area contributed by atoms with Crippen molar-refractivity contribution < 1.29 is 18.3 Å². The number of halogens is 2. The summed E-state index contributed by atoms with van der Waals surface area (Å²) < 4.78 is 37.8.